The van der Waals surface area contributed by atoms with E-state index in [1.165, 1.54) is 35.8 Å². The molecule has 3 rings (SSSR count). The van der Waals surface area contributed by atoms with E-state index in [1.807, 2.05) is 0 Å². The number of amides is 1. The summed E-state index contributed by atoms with van der Waals surface area (Å²) in [6, 6.07) is 4.07. The molecule has 174 valence electrons. The van der Waals surface area contributed by atoms with Crippen LogP contribution in [0.3, 0.4) is 0 Å². The molecule has 3 heterocycles. The van der Waals surface area contributed by atoms with Crippen LogP contribution < -0.4 is 15.0 Å². The Kier molecular flexibility index (Phi) is 7.11. The third kappa shape index (κ3) is 6.21. The van der Waals surface area contributed by atoms with E-state index in [1.54, 1.807) is 12.3 Å². The molecule has 0 aromatic carbocycles. The number of thioether (sulfide) groups is 1. The van der Waals surface area contributed by atoms with E-state index >= 15 is 0 Å². The van der Waals surface area contributed by atoms with Gasteiger partial charge < -0.3 is 15.0 Å². The van der Waals surface area contributed by atoms with Gasteiger partial charge in [-0.3, -0.25) is 4.79 Å². The molecule has 0 radical (unpaired) electrons. The van der Waals surface area contributed by atoms with Gasteiger partial charge in [0.2, 0.25) is 5.92 Å². The highest BCUT2D eigenvalue weighted by molar-refractivity contribution is 7.98. The molecule has 32 heavy (non-hydrogen) atoms. The van der Waals surface area contributed by atoms with E-state index in [0.29, 0.717) is 10.7 Å². The van der Waals surface area contributed by atoms with Crippen molar-refractivity contribution in [1.82, 2.24) is 9.97 Å². The Labute approximate surface area is 185 Å². The van der Waals surface area contributed by atoms with Gasteiger partial charge in [-0.15, -0.1) is 24.9 Å². The lowest BCUT2D eigenvalue weighted by atomic mass is 10.1. The fraction of sp³-hybridized carbons (Fsp3) is 0.450. The van der Waals surface area contributed by atoms with Crippen LogP contribution in [-0.4, -0.2) is 47.5 Å². The number of nitrogens with one attached hydrogen (secondary N) is 1. The molecule has 0 spiro atoms. The number of aromatic nitrogens is 2. The van der Waals surface area contributed by atoms with E-state index in [4.69, 9.17) is 0 Å². The fourth-order valence-corrected chi connectivity index (χ4v) is 3.69. The van der Waals surface area contributed by atoms with Crippen LogP contribution in [0.4, 0.5) is 33.5 Å². The summed E-state index contributed by atoms with van der Waals surface area (Å²) < 4.78 is 70.1. The van der Waals surface area contributed by atoms with Gasteiger partial charge in [-0.2, -0.15) is 0 Å². The van der Waals surface area contributed by atoms with Gasteiger partial charge in [-0.25, -0.2) is 18.7 Å². The van der Waals surface area contributed by atoms with Gasteiger partial charge >= 0.3 is 6.36 Å². The molecule has 0 aliphatic carbocycles. The zero-order valence-corrected chi connectivity index (χ0v) is 18.1. The first-order valence-corrected chi connectivity index (χ1v) is 10.9. The molecule has 2 aromatic heterocycles. The minimum absolute atomic E-state index is 0.0337. The van der Waals surface area contributed by atoms with Crippen LogP contribution in [0.1, 0.15) is 35.3 Å². The predicted octanol–water partition coefficient (Wildman–Crippen LogP) is 5.28. The number of aryl methyl sites for hydroxylation is 1. The molecule has 1 aliphatic rings. The third-order valence-electron chi connectivity index (χ3n) is 4.84. The standard InChI is InChI=1S/C20H21F5N4O2S/c1-12-15(31-20(23,24)25)11-14(18(30)28-13-4-7-26-16(10-13)32-2)17(27-12)29-8-3-5-19(21,22)6-9-29/h4,7,10-11H,3,5-6,8-9H2,1-2H3,(H,26,28,30). The molecule has 1 aliphatic heterocycles. The second-order valence-corrected chi connectivity index (χ2v) is 8.05. The summed E-state index contributed by atoms with van der Waals surface area (Å²) >= 11 is 1.35. The average molecular weight is 476 g/mol. The highest BCUT2D eigenvalue weighted by Crippen LogP contribution is 2.34. The smallest absolute Gasteiger partial charge is 0.404 e. The molecular weight excluding hydrogens is 455 g/mol. The van der Waals surface area contributed by atoms with Crippen LogP contribution in [0.2, 0.25) is 0 Å². The second kappa shape index (κ2) is 9.47. The van der Waals surface area contributed by atoms with E-state index in [-0.39, 0.29) is 43.0 Å². The highest BCUT2D eigenvalue weighted by Gasteiger charge is 2.35. The monoisotopic (exact) mass is 476 g/mol. The summed E-state index contributed by atoms with van der Waals surface area (Å²) in [6.07, 6.45) is -2.32. The van der Waals surface area contributed by atoms with E-state index in [0.717, 1.165) is 6.07 Å². The number of pyridine rings is 2. The normalized spacial score (nSPS) is 16.4. The minimum atomic E-state index is -4.98. The van der Waals surface area contributed by atoms with Crippen molar-refractivity contribution in [3.05, 3.63) is 35.7 Å². The number of alkyl halides is 5. The number of hydrogen-bond acceptors (Lipinski definition) is 6. The number of carbonyl (C=O) groups is 1. The van der Waals surface area contributed by atoms with E-state index in [9.17, 15) is 26.7 Å². The molecule has 1 N–H and O–H groups in total. The number of carbonyl (C=O) groups excluding carboxylic acids is 1. The summed E-state index contributed by atoms with van der Waals surface area (Å²) in [7, 11) is 0. The van der Waals surface area contributed by atoms with Crippen LogP contribution in [0.5, 0.6) is 5.75 Å². The molecule has 2 aromatic rings. The molecular formula is C20H21F5N4O2S. The Bertz CT molecular complexity index is 987. The zero-order chi connectivity index (χ0) is 23.5. The van der Waals surface area contributed by atoms with Crippen molar-refractivity contribution in [2.24, 2.45) is 0 Å². The zero-order valence-electron chi connectivity index (χ0n) is 17.3. The van der Waals surface area contributed by atoms with Crippen molar-refractivity contribution in [1.29, 1.82) is 0 Å². The number of ether oxygens (including phenoxy) is 1. The van der Waals surface area contributed by atoms with E-state index in [2.05, 4.69) is 20.0 Å². The average Bonchev–Trinajstić information content (AvgIpc) is 2.88. The van der Waals surface area contributed by atoms with Gasteiger partial charge in [0.1, 0.15) is 5.82 Å². The molecule has 1 saturated heterocycles. The SMILES string of the molecule is CSc1cc(NC(=O)c2cc(OC(F)(F)F)c(C)nc2N2CCCC(F)(F)CC2)ccn1. The van der Waals surface area contributed by atoms with E-state index < -0.39 is 30.4 Å². The first-order chi connectivity index (χ1) is 15.0. The summed E-state index contributed by atoms with van der Waals surface area (Å²) in [6.45, 7) is 1.39. The van der Waals surface area contributed by atoms with Gasteiger partial charge in [-0.05, 0) is 37.8 Å². The quantitative estimate of drug-likeness (QED) is 0.468. The lowest BCUT2D eigenvalue weighted by Gasteiger charge is -2.25. The molecule has 6 nitrogen and oxygen atoms in total. The first kappa shape index (κ1) is 24.0. The Morgan fingerprint density at radius 1 is 1.25 bits per heavy atom. The lowest BCUT2D eigenvalue weighted by Crippen LogP contribution is -2.30. The summed E-state index contributed by atoms with van der Waals surface area (Å²) in [4.78, 5) is 22.8. The minimum Gasteiger partial charge on any atom is -0.404 e. The van der Waals surface area contributed by atoms with Gasteiger partial charge in [0.25, 0.3) is 5.91 Å². The second-order valence-electron chi connectivity index (χ2n) is 7.23. The molecule has 0 saturated carbocycles. The Hall–Kier alpha value is -2.63. The predicted molar refractivity (Wildman–Crippen MR) is 111 cm³/mol. The van der Waals surface area contributed by atoms with Crippen molar-refractivity contribution in [2.75, 3.05) is 29.6 Å². The number of rotatable bonds is 5. The maximum Gasteiger partial charge on any atom is 0.573 e. The maximum absolute atomic E-state index is 13.8. The van der Waals surface area contributed by atoms with Crippen LogP contribution in [-0.2, 0) is 0 Å². The Morgan fingerprint density at radius 3 is 2.69 bits per heavy atom. The summed E-state index contributed by atoms with van der Waals surface area (Å²) in [5, 5.41) is 3.24. The topological polar surface area (TPSA) is 67.3 Å². The first-order valence-electron chi connectivity index (χ1n) is 9.69. The summed E-state index contributed by atoms with van der Waals surface area (Å²) in [5.41, 5.74) is 0.0580. The molecule has 0 unspecified atom stereocenters. The van der Waals surface area contributed by atoms with Crippen molar-refractivity contribution in [2.45, 2.75) is 43.5 Å². The molecule has 0 atom stereocenters. The molecule has 12 heteroatoms. The number of nitrogens with zero attached hydrogens (tertiary/aromatic N) is 3. The lowest BCUT2D eigenvalue weighted by molar-refractivity contribution is -0.275. The number of halogens is 5. The van der Waals surface area contributed by atoms with Gasteiger partial charge in [0.15, 0.2) is 5.75 Å². The van der Waals surface area contributed by atoms with Crippen LogP contribution in [0.15, 0.2) is 29.4 Å². The van der Waals surface area contributed by atoms with Crippen molar-refractivity contribution in [3.63, 3.8) is 0 Å². The molecule has 1 fully saturated rings. The maximum atomic E-state index is 13.8. The van der Waals surface area contributed by atoms with Crippen molar-refractivity contribution in [3.8, 4) is 5.75 Å². The fourth-order valence-electron chi connectivity index (χ4n) is 3.28. The summed E-state index contributed by atoms with van der Waals surface area (Å²) in [5.74, 6) is -4.19. The highest BCUT2D eigenvalue weighted by atomic mass is 32.2. The van der Waals surface area contributed by atoms with Gasteiger partial charge in [0, 0.05) is 37.8 Å². The van der Waals surface area contributed by atoms with Crippen molar-refractivity contribution < 1.29 is 31.5 Å². The largest absolute Gasteiger partial charge is 0.573 e. The van der Waals surface area contributed by atoms with Crippen LogP contribution in [0, 0.1) is 6.92 Å². The molecule has 1 amide bonds. The molecule has 0 bridgehead atoms. The van der Waals surface area contributed by atoms with Crippen LogP contribution in [0.25, 0.3) is 0 Å². The van der Waals surface area contributed by atoms with Crippen molar-refractivity contribution >= 4 is 29.2 Å². The van der Waals surface area contributed by atoms with Crippen LogP contribution >= 0.6 is 11.8 Å². The Balaban J connectivity index is 1.99. The third-order valence-corrected chi connectivity index (χ3v) is 5.48. The Morgan fingerprint density at radius 2 is 2.00 bits per heavy atom. The van der Waals surface area contributed by atoms with Gasteiger partial charge in [0.05, 0.1) is 16.3 Å². The number of anilines is 2. The number of hydrogen-bond donors (Lipinski definition) is 1. The van der Waals surface area contributed by atoms with Gasteiger partial charge in [-0.1, -0.05) is 0 Å².